The minimum Gasteiger partial charge on any atom is -0.493 e. The maximum atomic E-state index is 11.7. The van der Waals surface area contributed by atoms with Crippen LogP contribution >= 0.6 is 0 Å². The van der Waals surface area contributed by atoms with Crippen LogP contribution in [0.25, 0.3) is 16.5 Å². The first-order valence-electron chi connectivity index (χ1n) is 6.64. The molecule has 0 unspecified atom stereocenters. The number of carbonyl (C=O) groups excluding carboxylic acids is 1. The van der Waals surface area contributed by atoms with E-state index in [4.69, 9.17) is 4.74 Å². The van der Waals surface area contributed by atoms with Crippen LogP contribution in [0.15, 0.2) is 48.7 Å². The molecule has 0 radical (unpaired) electrons. The van der Waals surface area contributed by atoms with Crippen LogP contribution in [0.1, 0.15) is 17.3 Å². The summed E-state index contributed by atoms with van der Waals surface area (Å²) in [6.45, 7) is 1.96. The highest BCUT2D eigenvalue weighted by atomic mass is 16.5. The first kappa shape index (κ1) is 13.2. The Kier molecular flexibility index (Phi) is 3.31. The predicted molar refractivity (Wildman–Crippen MR) is 78.7 cm³/mol. The highest BCUT2D eigenvalue weighted by Crippen LogP contribution is 2.27. The maximum Gasteiger partial charge on any atom is 0.345 e. The van der Waals surface area contributed by atoms with Crippen LogP contribution in [-0.2, 0) is 4.74 Å². The Labute approximate surface area is 121 Å². The Bertz CT molecular complexity index is 803. The van der Waals surface area contributed by atoms with Crippen molar-refractivity contribution in [1.29, 1.82) is 0 Å². The number of aromatic hydroxyl groups is 1. The SMILES string of the molecule is CCOC(=O)c1cnn(-c2cccc3ccccc23)c1O. The van der Waals surface area contributed by atoms with Crippen LogP contribution in [-0.4, -0.2) is 27.5 Å². The number of carbonyl (C=O) groups is 1. The molecule has 0 atom stereocenters. The van der Waals surface area contributed by atoms with Crippen molar-refractivity contribution in [3.63, 3.8) is 0 Å². The Morgan fingerprint density at radius 3 is 2.81 bits per heavy atom. The van der Waals surface area contributed by atoms with E-state index in [0.717, 1.165) is 10.8 Å². The maximum absolute atomic E-state index is 11.7. The summed E-state index contributed by atoms with van der Waals surface area (Å²) in [5, 5.41) is 16.3. The number of fused-ring (bicyclic) bond motifs is 1. The van der Waals surface area contributed by atoms with Crippen LogP contribution < -0.4 is 0 Å². The number of hydrogen-bond acceptors (Lipinski definition) is 4. The summed E-state index contributed by atoms with van der Waals surface area (Å²) in [5.74, 6) is -0.800. The van der Waals surface area contributed by atoms with E-state index in [0.29, 0.717) is 5.69 Å². The van der Waals surface area contributed by atoms with E-state index >= 15 is 0 Å². The van der Waals surface area contributed by atoms with Gasteiger partial charge in [-0.25, -0.2) is 4.79 Å². The molecule has 1 heterocycles. The monoisotopic (exact) mass is 282 g/mol. The summed E-state index contributed by atoms with van der Waals surface area (Å²) in [7, 11) is 0. The fourth-order valence-electron chi connectivity index (χ4n) is 2.26. The van der Waals surface area contributed by atoms with Gasteiger partial charge in [-0.3, -0.25) is 0 Å². The van der Waals surface area contributed by atoms with Gasteiger partial charge in [-0.15, -0.1) is 0 Å². The van der Waals surface area contributed by atoms with Gasteiger partial charge in [0.05, 0.1) is 18.5 Å². The van der Waals surface area contributed by atoms with Gasteiger partial charge in [-0.1, -0.05) is 36.4 Å². The highest BCUT2D eigenvalue weighted by molar-refractivity contribution is 5.93. The Hall–Kier alpha value is -2.82. The molecule has 0 saturated heterocycles. The second kappa shape index (κ2) is 5.28. The lowest BCUT2D eigenvalue weighted by Crippen LogP contribution is -2.04. The van der Waals surface area contributed by atoms with Crippen molar-refractivity contribution >= 4 is 16.7 Å². The zero-order valence-electron chi connectivity index (χ0n) is 11.5. The summed E-state index contributed by atoms with van der Waals surface area (Å²) in [6, 6.07) is 13.5. The second-order valence-electron chi connectivity index (χ2n) is 4.51. The first-order chi connectivity index (χ1) is 10.2. The van der Waals surface area contributed by atoms with Crippen LogP contribution in [0.5, 0.6) is 5.88 Å². The van der Waals surface area contributed by atoms with Gasteiger partial charge in [0, 0.05) is 5.39 Å². The molecule has 3 aromatic rings. The zero-order chi connectivity index (χ0) is 14.8. The van der Waals surface area contributed by atoms with Gasteiger partial charge in [0.2, 0.25) is 5.88 Å². The number of rotatable bonds is 3. The van der Waals surface area contributed by atoms with Crippen LogP contribution in [0.2, 0.25) is 0 Å². The van der Waals surface area contributed by atoms with E-state index in [1.54, 1.807) is 6.92 Å². The molecule has 21 heavy (non-hydrogen) atoms. The van der Waals surface area contributed by atoms with Gasteiger partial charge in [-0.05, 0) is 18.4 Å². The molecule has 0 fully saturated rings. The van der Waals surface area contributed by atoms with E-state index in [-0.39, 0.29) is 18.1 Å². The predicted octanol–water partition coefficient (Wildman–Crippen LogP) is 2.91. The minimum absolute atomic E-state index is 0.0600. The summed E-state index contributed by atoms with van der Waals surface area (Å²) >= 11 is 0. The molecule has 3 rings (SSSR count). The Balaban J connectivity index is 2.14. The largest absolute Gasteiger partial charge is 0.493 e. The van der Waals surface area contributed by atoms with Gasteiger partial charge in [0.1, 0.15) is 5.56 Å². The first-order valence-corrected chi connectivity index (χ1v) is 6.64. The van der Waals surface area contributed by atoms with Crippen molar-refractivity contribution in [3.05, 3.63) is 54.2 Å². The molecular weight excluding hydrogens is 268 g/mol. The van der Waals surface area contributed by atoms with Crippen LogP contribution in [0, 0.1) is 0 Å². The van der Waals surface area contributed by atoms with E-state index < -0.39 is 5.97 Å². The standard InChI is InChI=1S/C16H14N2O3/c1-2-21-16(20)13-10-17-18(15(13)19)14-9-5-7-11-6-3-4-8-12(11)14/h3-10,19H,2H2,1H3. The fraction of sp³-hybridized carbons (Fsp3) is 0.125. The number of hydrogen-bond donors (Lipinski definition) is 1. The quantitative estimate of drug-likeness (QED) is 0.750. The molecule has 0 spiro atoms. The molecule has 0 aliphatic heterocycles. The van der Waals surface area contributed by atoms with Gasteiger partial charge in [0.25, 0.3) is 0 Å². The highest BCUT2D eigenvalue weighted by Gasteiger charge is 2.19. The van der Waals surface area contributed by atoms with Crippen molar-refractivity contribution < 1.29 is 14.6 Å². The number of aromatic nitrogens is 2. The van der Waals surface area contributed by atoms with E-state index in [1.165, 1.54) is 10.9 Å². The third kappa shape index (κ3) is 2.23. The molecule has 0 bridgehead atoms. The smallest absolute Gasteiger partial charge is 0.345 e. The van der Waals surface area contributed by atoms with Crippen molar-refractivity contribution in [2.45, 2.75) is 6.92 Å². The number of nitrogens with zero attached hydrogens (tertiary/aromatic N) is 2. The average Bonchev–Trinajstić information content (AvgIpc) is 2.88. The minimum atomic E-state index is -0.582. The molecule has 0 saturated carbocycles. The van der Waals surface area contributed by atoms with Crippen LogP contribution in [0.3, 0.4) is 0 Å². The molecule has 0 aliphatic rings. The number of esters is 1. The topological polar surface area (TPSA) is 64.3 Å². The number of ether oxygens (including phenoxy) is 1. The lowest BCUT2D eigenvalue weighted by atomic mass is 10.1. The molecule has 0 amide bonds. The van der Waals surface area contributed by atoms with Gasteiger partial charge in [-0.2, -0.15) is 9.78 Å². The van der Waals surface area contributed by atoms with Crippen molar-refractivity contribution in [1.82, 2.24) is 9.78 Å². The molecule has 5 heteroatoms. The Morgan fingerprint density at radius 2 is 2.00 bits per heavy atom. The van der Waals surface area contributed by atoms with Crippen molar-refractivity contribution in [2.24, 2.45) is 0 Å². The normalized spacial score (nSPS) is 10.7. The van der Waals surface area contributed by atoms with E-state index in [9.17, 15) is 9.90 Å². The number of benzene rings is 2. The van der Waals surface area contributed by atoms with Gasteiger partial charge >= 0.3 is 5.97 Å². The molecule has 5 nitrogen and oxygen atoms in total. The Morgan fingerprint density at radius 1 is 1.24 bits per heavy atom. The summed E-state index contributed by atoms with van der Waals surface area (Å²) in [4.78, 5) is 11.7. The zero-order valence-corrected chi connectivity index (χ0v) is 11.5. The van der Waals surface area contributed by atoms with Gasteiger partial charge < -0.3 is 9.84 Å². The molecule has 106 valence electrons. The average molecular weight is 282 g/mol. The summed E-state index contributed by atoms with van der Waals surface area (Å²) < 4.78 is 6.24. The second-order valence-corrected chi connectivity index (χ2v) is 4.51. The summed E-state index contributed by atoms with van der Waals surface area (Å²) in [6.07, 6.45) is 1.31. The van der Waals surface area contributed by atoms with E-state index in [2.05, 4.69) is 5.10 Å². The fourth-order valence-corrected chi connectivity index (χ4v) is 2.26. The van der Waals surface area contributed by atoms with Crippen LogP contribution in [0.4, 0.5) is 0 Å². The third-order valence-electron chi connectivity index (χ3n) is 3.23. The molecular formula is C16H14N2O3. The molecule has 0 aliphatic carbocycles. The van der Waals surface area contributed by atoms with Crippen molar-refractivity contribution in [2.75, 3.05) is 6.61 Å². The molecule has 1 N–H and O–H groups in total. The molecule has 2 aromatic carbocycles. The van der Waals surface area contributed by atoms with Crippen molar-refractivity contribution in [3.8, 4) is 11.6 Å². The molecule has 1 aromatic heterocycles. The van der Waals surface area contributed by atoms with Gasteiger partial charge in [0.15, 0.2) is 0 Å². The van der Waals surface area contributed by atoms with E-state index in [1.807, 2.05) is 42.5 Å². The lowest BCUT2D eigenvalue weighted by Gasteiger charge is -2.08. The third-order valence-corrected chi connectivity index (χ3v) is 3.23. The lowest BCUT2D eigenvalue weighted by molar-refractivity contribution is 0.0523. The summed E-state index contributed by atoms with van der Waals surface area (Å²) in [5.41, 5.74) is 0.769.